The Bertz CT molecular complexity index is 444. The zero-order chi connectivity index (χ0) is 13.2. The number of amides is 1. The fourth-order valence-electron chi connectivity index (χ4n) is 2.81. The van der Waals surface area contributed by atoms with Crippen LogP contribution in [0.15, 0.2) is 24.5 Å². The van der Waals surface area contributed by atoms with Crippen LogP contribution in [0.25, 0.3) is 0 Å². The molecule has 0 radical (unpaired) electrons. The zero-order valence-electron chi connectivity index (χ0n) is 11.4. The average Bonchev–Trinajstić information content (AvgIpc) is 3.18. The van der Waals surface area contributed by atoms with Crippen molar-refractivity contribution in [3.05, 3.63) is 30.1 Å². The van der Waals surface area contributed by atoms with E-state index in [9.17, 15) is 4.79 Å². The maximum atomic E-state index is 12.7. The Morgan fingerprint density at radius 1 is 1.37 bits per heavy atom. The first-order chi connectivity index (χ1) is 9.25. The molecule has 1 aromatic heterocycles. The van der Waals surface area contributed by atoms with E-state index in [1.54, 1.807) is 12.4 Å². The lowest BCUT2D eigenvalue weighted by Gasteiger charge is -2.27. The molecule has 3 rings (SSSR count). The number of hydrogen-bond donors (Lipinski definition) is 1. The van der Waals surface area contributed by atoms with E-state index in [0.29, 0.717) is 17.9 Å². The highest BCUT2D eigenvalue weighted by Gasteiger charge is 2.39. The van der Waals surface area contributed by atoms with Gasteiger partial charge in [0.1, 0.15) is 0 Å². The molecule has 0 spiro atoms. The van der Waals surface area contributed by atoms with Crippen molar-refractivity contribution in [3.63, 3.8) is 0 Å². The van der Waals surface area contributed by atoms with Crippen LogP contribution in [0.4, 0.5) is 0 Å². The molecule has 0 bridgehead atoms. The SMILES string of the molecule is C[C@@H]1CNC[C@H]1C(=O)N(Cc1ccncc1)C1CC1. The summed E-state index contributed by atoms with van der Waals surface area (Å²) in [5.74, 6) is 0.936. The van der Waals surface area contributed by atoms with Crippen molar-refractivity contribution < 1.29 is 4.79 Å². The molecule has 4 heteroatoms. The second-order valence-electron chi connectivity index (χ2n) is 5.79. The van der Waals surface area contributed by atoms with Gasteiger partial charge >= 0.3 is 0 Å². The molecule has 0 unspecified atom stereocenters. The van der Waals surface area contributed by atoms with Crippen LogP contribution in [0.3, 0.4) is 0 Å². The minimum Gasteiger partial charge on any atom is -0.335 e. The minimum absolute atomic E-state index is 0.155. The molecule has 2 fully saturated rings. The molecule has 19 heavy (non-hydrogen) atoms. The van der Waals surface area contributed by atoms with E-state index in [1.807, 2.05) is 12.1 Å². The normalized spacial score (nSPS) is 26.4. The summed E-state index contributed by atoms with van der Waals surface area (Å²) < 4.78 is 0. The third-order valence-corrected chi connectivity index (χ3v) is 4.21. The second kappa shape index (κ2) is 5.29. The van der Waals surface area contributed by atoms with Crippen LogP contribution < -0.4 is 5.32 Å². The topological polar surface area (TPSA) is 45.2 Å². The molecule has 1 aliphatic heterocycles. The van der Waals surface area contributed by atoms with Crippen LogP contribution in [0.5, 0.6) is 0 Å². The molecule has 2 aliphatic rings. The summed E-state index contributed by atoms with van der Waals surface area (Å²) in [5, 5.41) is 3.32. The molecule has 1 aliphatic carbocycles. The lowest BCUT2D eigenvalue weighted by molar-refractivity contribution is -0.137. The molecule has 1 aromatic rings. The molecular formula is C15H21N3O. The minimum atomic E-state index is 0.155. The monoisotopic (exact) mass is 259 g/mol. The van der Waals surface area contributed by atoms with Crippen molar-refractivity contribution in [2.24, 2.45) is 11.8 Å². The van der Waals surface area contributed by atoms with E-state index in [-0.39, 0.29) is 5.92 Å². The van der Waals surface area contributed by atoms with Crippen molar-refractivity contribution >= 4 is 5.91 Å². The van der Waals surface area contributed by atoms with Crippen molar-refractivity contribution in [1.82, 2.24) is 15.2 Å². The standard InChI is InChI=1S/C15H21N3O/c1-11-8-17-9-14(11)15(19)18(13-2-3-13)10-12-4-6-16-7-5-12/h4-7,11,13-14,17H,2-3,8-10H2,1H3/t11-,14-/m1/s1. The third-order valence-electron chi connectivity index (χ3n) is 4.21. The average molecular weight is 259 g/mol. The predicted molar refractivity (Wildman–Crippen MR) is 73.3 cm³/mol. The van der Waals surface area contributed by atoms with Crippen LogP contribution in [0.2, 0.25) is 0 Å². The first-order valence-electron chi connectivity index (χ1n) is 7.16. The fraction of sp³-hybridized carbons (Fsp3) is 0.600. The summed E-state index contributed by atoms with van der Waals surface area (Å²) in [6.07, 6.45) is 5.91. The quantitative estimate of drug-likeness (QED) is 0.889. The predicted octanol–water partition coefficient (Wildman–Crippen LogP) is 1.43. The van der Waals surface area contributed by atoms with Crippen LogP contribution in [0.1, 0.15) is 25.3 Å². The fourth-order valence-corrected chi connectivity index (χ4v) is 2.81. The molecule has 1 amide bonds. The van der Waals surface area contributed by atoms with Gasteiger partial charge in [-0.05, 0) is 43.0 Å². The lowest BCUT2D eigenvalue weighted by atomic mass is 9.96. The third kappa shape index (κ3) is 2.78. The molecule has 1 saturated carbocycles. The van der Waals surface area contributed by atoms with Crippen molar-refractivity contribution in [2.45, 2.75) is 32.4 Å². The highest BCUT2D eigenvalue weighted by atomic mass is 16.2. The molecule has 2 atom stereocenters. The summed E-state index contributed by atoms with van der Waals surface area (Å²) in [6, 6.07) is 4.46. The van der Waals surface area contributed by atoms with E-state index < -0.39 is 0 Å². The first-order valence-corrected chi connectivity index (χ1v) is 7.16. The number of aromatic nitrogens is 1. The van der Waals surface area contributed by atoms with Gasteiger partial charge < -0.3 is 10.2 Å². The Kier molecular flexibility index (Phi) is 3.51. The first kappa shape index (κ1) is 12.6. The maximum absolute atomic E-state index is 12.7. The van der Waals surface area contributed by atoms with Gasteiger partial charge in [0.05, 0.1) is 5.92 Å². The van der Waals surface area contributed by atoms with Crippen molar-refractivity contribution in [1.29, 1.82) is 0 Å². The smallest absolute Gasteiger partial charge is 0.227 e. The van der Waals surface area contributed by atoms with Crippen LogP contribution in [-0.2, 0) is 11.3 Å². The number of carbonyl (C=O) groups is 1. The number of rotatable bonds is 4. The zero-order valence-corrected chi connectivity index (χ0v) is 11.4. The van der Waals surface area contributed by atoms with Crippen molar-refractivity contribution in [2.75, 3.05) is 13.1 Å². The largest absolute Gasteiger partial charge is 0.335 e. The Morgan fingerprint density at radius 3 is 2.68 bits per heavy atom. The number of pyridine rings is 1. The van der Waals surface area contributed by atoms with Gasteiger partial charge in [-0.3, -0.25) is 9.78 Å². The van der Waals surface area contributed by atoms with Gasteiger partial charge in [0.15, 0.2) is 0 Å². The highest BCUT2D eigenvalue weighted by Crippen LogP contribution is 2.31. The summed E-state index contributed by atoms with van der Waals surface area (Å²) in [5.41, 5.74) is 1.17. The van der Waals surface area contributed by atoms with Crippen LogP contribution in [0, 0.1) is 11.8 Å². The summed E-state index contributed by atoms with van der Waals surface area (Å²) >= 11 is 0. The Hall–Kier alpha value is -1.42. The van der Waals surface area contributed by atoms with E-state index in [0.717, 1.165) is 32.5 Å². The summed E-state index contributed by atoms with van der Waals surface area (Å²) in [7, 11) is 0. The Balaban J connectivity index is 1.72. The summed E-state index contributed by atoms with van der Waals surface area (Å²) in [6.45, 7) is 4.69. The number of nitrogens with one attached hydrogen (secondary N) is 1. The van der Waals surface area contributed by atoms with Gasteiger partial charge in [-0.15, -0.1) is 0 Å². The maximum Gasteiger partial charge on any atom is 0.227 e. The molecule has 4 nitrogen and oxygen atoms in total. The Morgan fingerprint density at radius 2 is 2.11 bits per heavy atom. The number of nitrogens with zero attached hydrogens (tertiary/aromatic N) is 2. The van der Waals surface area contributed by atoms with E-state index in [1.165, 1.54) is 5.56 Å². The van der Waals surface area contributed by atoms with Crippen LogP contribution >= 0.6 is 0 Å². The lowest BCUT2D eigenvalue weighted by Crippen LogP contribution is -2.39. The van der Waals surface area contributed by atoms with Gasteiger partial charge in [-0.2, -0.15) is 0 Å². The second-order valence-corrected chi connectivity index (χ2v) is 5.79. The number of hydrogen-bond acceptors (Lipinski definition) is 3. The van der Waals surface area contributed by atoms with E-state index in [4.69, 9.17) is 0 Å². The van der Waals surface area contributed by atoms with Gasteiger partial charge in [0.25, 0.3) is 0 Å². The highest BCUT2D eigenvalue weighted by molar-refractivity contribution is 5.80. The molecule has 102 valence electrons. The van der Waals surface area contributed by atoms with E-state index in [2.05, 4.69) is 22.1 Å². The number of carbonyl (C=O) groups excluding carboxylic acids is 1. The van der Waals surface area contributed by atoms with Gasteiger partial charge in [0, 0.05) is 31.5 Å². The molecule has 0 aromatic carbocycles. The molecule has 2 heterocycles. The Labute approximate surface area is 114 Å². The van der Waals surface area contributed by atoms with Gasteiger partial charge in [-0.1, -0.05) is 6.92 Å². The van der Waals surface area contributed by atoms with Crippen molar-refractivity contribution in [3.8, 4) is 0 Å². The van der Waals surface area contributed by atoms with Gasteiger partial charge in [0.2, 0.25) is 5.91 Å². The van der Waals surface area contributed by atoms with E-state index >= 15 is 0 Å². The molecule has 1 saturated heterocycles. The molecule has 1 N–H and O–H groups in total. The summed E-state index contributed by atoms with van der Waals surface area (Å²) in [4.78, 5) is 18.8. The molecular weight excluding hydrogens is 238 g/mol. The van der Waals surface area contributed by atoms with Crippen LogP contribution in [-0.4, -0.2) is 34.9 Å². The van der Waals surface area contributed by atoms with Gasteiger partial charge in [-0.25, -0.2) is 0 Å².